The first-order valence-corrected chi connectivity index (χ1v) is 8.16. The average molecular weight is 341 g/mol. The van der Waals surface area contributed by atoms with Gasteiger partial charge in [0.1, 0.15) is 16.5 Å². The normalized spacial score (nSPS) is 13.3. The van der Waals surface area contributed by atoms with Gasteiger partial charge in [0, 0.05) is 19.2 Å². The van der Waals surface area contributed by atoms with E-state index in [1.807, 2.05) is 0 Å². The molecule has 2 rings (SSSR count). The minimum Gasteiger partial charge on any atom is -0.475 e. The lowest BCUT2D eigenvalue weighted by Crippen LogP contribution is -2.30. The molecular weight excluding hydrogens is 325 g/mol. The highest BCUT2D eigenvalue weighted by Crippen LogP contribution is 2.29. The van der Waals surface area contributed by atoms with Gasteiger partial charge < -0.3 is 9.52 Å². The lowest BCUT2D eigenvalue weighted by molar-refractivity contribution is 0.0661. The Balaban J connectivity index is 2.38. The highest BCUT2D eigenvalue weighted by atomic mass is 32.2. The van der Waals surface area contributed by atoms with Crippen molar-refractivity contribution in [3.8, 4) is 0 Å². The summed E-state index contributed by atoms with van der Waals surface area (Å²) in [6, 6.07) is 5.91. The summed E-state index contributed by atoms with van der Waals surface area (Å²) in [5, 5.41) is 8.90. The Morgan fingerprint density at radius 1 is 1.30 bits per heavy atom. The molecule has 1 aromatic carbocycles. The number of benzene rings is 1. The van der Waals surface area contributed by atoms with Crippen molar-refractivity contribution in [1.29, 1.82) is 0 Å². The minimum atomic E-state index is -3.96. The zero-order chi connectivity index (χ0) is 17.4. The van der Waals surface area contributed by atoms with Crippen molar-refractivity contribution in [1.82, 2.24) is 4.31 Å². The molecule has 0 aliphatic carbocycles. The minimum absolute atomic E-state index is 0.000515. The van der Waals surface area contributed by atoms with E-state index in [0.717, 1.165) is 10.4 Å². The number of halogens is 1. The maximum absolute atomic E-state index is 13.0. The standard InChI is InChI=1S/C15H16FNO5S/c1-9(11-4-6-12(16)7-5-11)17(3)23(20,21)14-8-13(15(18)19)22-10(14)2/h4-9H,1-3H3,(H,18,19). The highest BCUT2D eigenvalue weighted by Gasteiger charge is 2.31. The van der Waals surface area contributed by atoms with Gasteiger partial charge in [0.05, 0.1) is 0 Å². The van der Waals surface area contributed by atoms with Crippen LogP contribution in [0.1, 0.15) is 34.8 Å². The zero-order valence-corrected chi connectivity index (χ0v) is 13.6. The van der Waals surface area contributed by atoms with Crippen LogP contribution in [0.15, 0.2) is 39.6 Å². The molecule has 1 unspecified atom stereocenters. The summed E-state index contributed by atoms with van der Waals surface area (Å²) in [5.41, 5.74) is 0.608. The maximum Gasteiger partial charge on any atom is 0.371 e. The zero-order valence-electron chi connectivity index (χ0n) is 12.8. The summed E-state index contributed by atoms with van der Waals surface area (Å²) in [4.78, 5) is 10.7. The third kappa shape index (κ3) is 3.27. The maximum atomic E-state index is 13.0. The monoisotopic (exact) mass is 341 g/mol. The molecule has 124 valence electrons. The first-order chi connectivity index (χ1) is 10.6. The number of carboxylic acids is 1. The van der Waals surface area contributed by atoms with Crippen molar-refractivity contribution in [3.63, 3.8) is 0 Å². The fourth-order valence-corrected chi connectivity index (χ4v) is 3.65. The molecule has 2 aromatic rings. The number of hydrogen-bond donors (Lipinski definition) is 1. The molecule has 0 radical (unpaired) electrons. The van der Waals surface area contributed by atoms with E-state index in [9.17, 15) is 17.6 Å². The van der Waals surface area contributed by atoms with Gasteiger partial charge in [-0.2, -0.15) is 4.31 Å². The van der Waals surface area contributed by atoms with Crippen LogP contribution >= 0.6 is 0 Å². The summed E-state index contributed by atoms with van der Waals surface area (Å²) < 4.78 is 44.4. The number of sulfonamides is 1. The summed E-state index contributed by atoms with van der Waals surface area (Å²) >= 11 is 0. The molecule has 0 saturated heterocycles. The summed E-state index contributed by atoms with van der Waals surface area (Å²) in [5.74, 6) is -2.20. The Kier molecular flexibility index (Phi) is 4.58. The van der Waals surface area contributed by atoms with E-state index in [-0.39, 0.29) is 10.7 Å². The third-order valence-electron chi connectivity index (χ3n) is 3.64. The molecule has 1 N–H and O–H groups in total. The lowest BCUT2D eigenvalue weighted by Gasteiger charge is -2.24. The second-order valence-electron chi connectivity index (χ2n) is 5.09. The summed E-state index contributed by atoms with van der Waals surface area (Å²) in [6.45, 7) is 3.04. The van der Waals surface area contributed by atoms with Gasteiger partial charge in [0.2, 0.25) is 15.8 Å². The average Bonchev–Trinajstić information content (AvgIpc) is 2.89. The molecule has 1 heterocycles. The second-order valence-corrected chi connectivity index (χ2v) is 7.05. The number of nitrogens with zero attached hydrogens (tertiary/aromatic N) is 1. The molecule has 0 aliphatic heterocycles. The van der Waals surface area contributed by atoms with Crippen molar-refractivity contribution in [2.75, 3.05) is 7.05 Å². The van der Waals surface area contributed by atoms with E-state index in [2.05, 4.69) is 0 Å². The summed E-state index contributed by atoms with van der Waals surface area (Å²) in [6.07, 6.45) is 0. The SMILES string of the molecule is Cc1oc(C(=O)O)cc1S(=O)(=O)N(C)C(C)c1ccc(F)cc1. The van der Waals surface area contributed by atoms with Crippen molar-refractivity contribution >= 4 is 16.0 Å². The molecule has 0 amide bonds. The van der Waals surface area contributed by atoms with E-state index in [4.69, 9.17) is 9.52 Å². The van der Waals surface area contributed by atoms with Gasteiger partial charge in [-0.05, 0) is 31.5 Å². The summed E-state index contributed by atoms with van der Waals surface area (Å²) in [7, 11) is -2.59. The molecule has 0 spiro atoms. The van der Waals surface area contributed by atoms with E-state index in [1.54, 1.807) is 6.92 Å². The third-order valence-corrected chi connectivity index (χ3v) is 5.67. The van der Waals surface area contributed by atoms with Crippen LogP contribution in [-0.2, 0) is 10.0 Å². The van der Waals surface area contributed by atoms with Crippen LogP contribution < -0.4 is 0 Å². The molecule has 6 nitrogen and oxygen atoms in total. The van der Waals surface area contributed by atoms with Gasteiger partial charge >= 0.3 is 5.97 Å². The quantitative estimate of drug-likeness (QED) is 0.903. The van der Waals surface area contributed by atoms with E-state index >= 15 is 0 Å². The number of carboxylic acid groups (broad SMARTS) is 1. The van der Waals surface area contributed by atoms with Crippen molar-refractivity contribution in [2.24, 2.45) is 0 Å². The van der Waals surface area contributed by atoms with E-state index < -0.39 is 33.6 Å². The number of aryl methyl sites for hydroxylation is 1. The topological polar surface area (TPSA) is 87.8 Å². The lowest BCUT2D eigenvalue weighted by atomic mass is 10.1. The molecular formula is C15H16FNO5S. The van der Waals surface area contributed by atoms with Gasteiger partial charge in [-0.3, -0.25) is 0 Å². The van der Waals surface area contributed by atoms with Crippen LogP contribution in [-0.4, -0.2) is 30.8 Å². The van der Waals surface area contributed by atoms with Crippen LogP contribution in [0.3, 0.4) is 0 Å². The van der Waals surface area contributed by atoms with Crippen LogP contribution in [0.4, 0.5) is 4.39 Å². The Morgan fingerprint density at radius 2 is 1.87 bits per heavy atom. The Morgan fingerprint density at radius 3 is 2.35 bits per heavy atom. The second kappa shape index (κ2) is 6.13. The van der Waals surface area contributed by atoms with Crippen molar-refractivity contribution < 1.29 is 27.1 Å². The number of aromatic carboxylic acids is 1. The highest BCUT2D eigenvalue weighted by molar-refractivity contribution is 7.89. The predicted octanol–water partition coefficient (Wildman–Crippen LogP) is 2.81. The molecule has 0 fully saturated rings. The smallest absolute Gasteiger partial charge is 0.371 e. The molecule has 1 aromatic heterocycles. The Hall–Kier alpha value is -2.19. The van der Waals surface area contributed by atoms with Gasteiger partial charge in [0.25, 0.3) is 0 Å². The van der Waals surface area contributed by atoms with E-state index in [0.29, 0.717) is 5.56 Å². The van der Waals surface area contributed by atoms with Gasteiger partial charge in [-0.15, -0.1) is 0 Å². The van der Waals surface area contributed by atoms with Crippen LogP contribution in [0.5, 0.6) is 0 Å². The van der Waals surface area contributed by atoms with Gasteiger partial charge in [-0.25, -0.2) is 17.6 Å². The van der Waals surface area contributed by atoms with Gasteiger partial charge in [0.15, 0.2) is 0 Å². The van der Waals surface area contributed by atoms with Crippen LogP contribution in [0.2, 0.25) is 0 Å². The number of hydrogen-bond acceptors (Lipinski definition) is 4. The Labute approximate surface area is 133 Å². The number of carbonyl (C=O) groups is 1. The molecule has 8 heteroatoms. The first kappa shape index (κ1) is 17.2. The molecule has 0 bridgehead atoms. The van der Waals surface area contributed by atoms with Crippen LogP contribution in [0.25, 0.3) is 0 Å². The fraction of sp³-hybridized carbons (Fsp3) is 0.267. The molecule has 1 atom stereocenters. The molecule has 23 heavy (non-hydrogen) atoms. The molecule has 0 aliphatic rings. The molecule has 0 saturated carbocycles. The van der Waals surface area contributed by atoms with Gasteiger partial charge in [-0.1, -0.05) is 12.1 Å². The largest absolute Gasteiger partial charge is 0.475 e. The van der Waals surface area contributed by atoms with Crippen molar-refractivity contribution in [2.45, 2.75) is 24.8 Å². The fourth-order valence-electron chi connectivity index (χ4n) is 2.14. The van der Waals surface area contributed by atoms with E-state index in [1.165, 1.54) is 38.2 Å². The first-order valence-electron chi connectivity index (χ1n) is 6.72. The van der Waals surface area contributed by atoms with Crippen LogP contribution in [0, 0.1) is 12.7 Å². The number of rotatable bonds is 5. The van der Waals surface area contributed by atoms with Crippen molar-refractivity contribution in [3.05, 3.63) is 53.2 Å². The number of furan rings is 1. The Bertz CT molecular complexity index is 826. The predicted molar refractivity (Wildman–Crippen MR) is 80.2 cm³/mol.